The summed E-state index contributed by atoms with van der Waals surface area (Å²) in [4.78, 5) is 0. The Hall–Kier alpha value is -1.02. The van der Waals surface area contributed by atoms with E-state index in [0.717, 1.165) is 12.2 Å². The van der Waals surface area contributed by atoms with Crippen LogP contribution in [-0.2, 0) is 0 Å². The normalized spacial score (nSPS) is 13.6. The van der Waals surface area contributed by atoms with Crippen molar-refractivity contribution in [3.8, 4) is 5.75 Å². The van der Waals surface area contributed by atoms with Crippen LogP contribution in [0.25, 0.3) is 0 Å². The molecule has 0 aliphatic carbocycles. The fraction of sp³-hybridized carbons (Fsp3) is 0.571. The van der Waals surface area contributed by atoms with E-state index in [2.05, 4.69) is 33.8 Å². The zero-order chi connectivity index (χ0) is 12.2. The van der Waals surface area contributed by atoms with Gasteiger partial charge in [-0.25, -0.2) is 0 Å². The highest BCUT2D eigenvalue weighted by Gasteiger charge is 2.15. The number of hydrogen-bond donors (Lipinski definition) is 1. The Balaban J connectivity index is 2.40. The van der Waals surface area contributed by atoms with Gasteiger partial charge in [-0.15, -0.1) is 0 Å². The Labute approximate surface area is 98.8 Å². The van der Waals surface area contributed by atoms with Crippen LogP contribution < -0.4 is 10.5 Å². The molecular formula is C14H23NO. The van der Waals surface area contributed by atoms with Gasteiger partial charge in [0.05, 0.1) is 0 Å². The first-order valence-electron chi connectivity index (χ1n) is 5.82. The molecule has 0 heterocycles. The summed E-state index contributed by atoms with van der Waals surface area (Å²) in [6.45, 7) is 9.22. The van der Waals surface area contributed by atoms with Gasteiger partial charge in [-0.3, -0.25) is 0 Å². The Kier molecular flexibility index (Phi) is 4.36. The number of rotatable bonds is 4. The average molecular weight is 221 g/mol. The van der Waals surface area contributed by atoms with Crippen molar-refractivity contribution in [2.45, 2.75) is 40.2 Å². The maximum absolute atomic E-state index is 6.02. The van der Waals surface area contributed by atoms with E-state index in [4.69, 9.17) is 10.5 Å². The molecule has 2 N–H and O–H groups in total. The van der Waals surface area contributed by atoms with E-state index in [0.29, 0.717) is 6.61 Å². The lowest BCUT2D eigenvalue weighted by Crippen LogP contribution is -2.32. The Morgan fingerprint density at radius 1 is 1.31 bits per heavy atom. The van der Waals surface area contributed by atoms with Gasteiger partial charge >= 0.3 is 0 Å². The molecule has 90 valence electrons. The minimum Gasteiger partial charge on any atom is -0.492 e. The Morgan fingerprint density at radius 2 is 2.00 bits per heavy atom. The van der Waals surface area contributed by atoms with E-state index >= 15 is 0 Å². The van der Waals surface area contributed by atoms with Crippen molar-refractivity contribution in [1.82, 2.24) is 0 Å². The smallest absolute Gasteiger partial charge is 0.119 e. The van der Waals surface area contributed by atoms with Gasteiger partial charge < -0.3 is 10.5 Å². The number of hydrogen-bond acceptors (Lipinski definition) is 2. The van der Waals surface area contributed by atoms with Crippen LogP contribution in [0.15, 0.2) is 24.3 Å². The molecule has 16 heavy (non-hydrogen) atoms. The number of benzene rings is 1. The Bertz CT molecular complexity index is 328. The topological polar surface area (TPSA) is 35.2 Å². The number of nitrogens with two attached hydrogens (primary N) is 1. The summed E-state index contributed by atoms with van der Waals surface area (Å²) in [5.74, 6) is 0.907. The van der Waals surface area contributed by atoms with Gasteiger partial charge in [0.25, 0.3) is 0 Å². The van der Waals surface area contributed by atoms with Crippen molar-refractivity contribution < 1.29 is 4.74 Å². The molecule has 0 saturated heterocycles. The van der Waals surface area contributed by atoms with Crippen LogP contribution in [0.3, 0.4) is 0 Å². The first-order valence-corrected chi connectivity index (χ1v) is 5.82. The highest BCUT2D eigenvalue weighted by atomic mass is 16.5. The van der Waals surface area contributed by atoms with Crippen molar-refractivity contribution in [3.05, 3.63) is 29.8 Å². The zero-order valence-corrected chi connectivity index (χ0v) is 10.8. The van der Waals surface area contributed by atoms with Crippen LogP contribution in [0.5, 0.6) is 5.75 Å². The molecule has 0 fully saturated rings. The Morgan fingerprint density at radius 3 is 2.56 bits per heavy atom. The second-order valence-electron chi connectivity index (χ2n) is 5.65. The lowest BCUT2D eigenvalue weighted by atomic mass is 9.89. The van der Waals surface area contributed by atoms with Crippen LogP contribution in [0.1, 0.15) is 32.8 Å². The minimum atomic E-state index is 0.0977. The summed E-state index contributed by atoms with van der Waals surface area (Å²) in [7, 11) is 0. The fourth-order valence-corrected chi connectivity index (χ4v) is 1.75. The summed E-state index contributed by atoms with van der Waals surface area (Å²) in [6, 6.07) is 8.16. The van der Waals surface area contributed by atoms with Gasteiger partial charge in [0.15, 0.2) is 0 Å². The summed E-state index contributed by atoms with van der Waals surface area (Å²) >= 11 is 0. The van der Waals surface area contributed by atoms with E-state index in [1.165, 1.54) is 5.56 Å². The molecule has 0 spiro atoms. The zero-order valence-electron chi connectivity index (χ0n) is 10.8. The molecule has 0 radical (unpaired) electrons. The molecule has 2 nitrogen and oxygen atoms in total. The van der Waals surface area contributed by atoms with E-state index in [9.17, 15) is 0 Å². The highest BCUT2D eigenvalue weighted by Crippen LogP contribution is 2.20. The minimum absolute atomic E-state index is 0.0977. The van der Waals surface area contributed by atoms with Gasteiger partial charge in [-0.05, 0) is 36.5 Å². The molecule has 1 aromatic carbocycles. The van der Waals surface area contributed by atoms with E-state index in [1.54, 1.807) is 0 Å². The SMILES string of the molecule is Cc1cccc(OCC(N)CC(C)(C)C)c1. The fourth-order valence-electron chi connectivity index (χ4n) is 1.75. The van der Waals surface area contributed by atoms with E-state index < -0.39 is 0 Å². The van der Waals surface area contributed by atoms with Gasteiger partial charge in [0.1, 0.15) is 12.4 Å². The summed E-state index contributed by atoms with van der Waals surface area (Å²) < 4.78 is 5.67. The molecule has 0 bridgehead atoms. The second kappa shape index (κ2) is 5.35. The summed E-state index contributed by atoms with van der Waals surface area (Å²) in [6.07, 6.45) is 0.971. The monoisotopic (exact) mass is 221 g/mol. The average Bonchev–Trinajstić information content (AvgIpc) is 2.12. The third-order valence-corrected chi connectivity index (χ3v) is 2.33. The van der Waals surface area contributed by atoms with Gasteiger partial charge in [-0.1, -0.05) is 32.9 Å². The predicted octanol–water partition coefficient (Wildman–Crippen LogP) is 3.14. The lowest BCUT2D eigenvalue weighted by molar-refractivity contribution is 0.241. The van der Waals surface area contributed by atoms with Crippen LogP contribution in [0.2, 0.25) is 0 Å². The summed E-state index contributed by atoms with van der Waals surface area (Å²) in [5.41, 5.74) is 7.49. The van der Waals surface area contributed by atoms with Gasteiger partial charge in [0, 0.05) is 6.04 Å². The van der Waals surface area contributed by atoms with E-state index in [-0.39, 0.29) is 11.5 Å². The van der Waals surface area contributed by atoms with Crippen LogP contribution in [-0.4, -0.2) is 12.6 Å². The first-order chi connectivity index (χ1) is 7.37. The molecule has 0 aliphatic rings. The molecule has 1 rings (SSSR count). The molecule has 2 heteroatoms. The van der Waals surface area contributed by atoms with Crippen molar-refractivity contribution in [3.63, 3.8) is 0 Å². The quantitative estimate of drug-likeness (QED) is 0.847. The van der Waals surface area contributed by atoms with Crippen molar-refractivity contribution >= 4 is 0 Å². The first kappa shape index (κ1) is 13.0. The van der Waals surface area contributed by atoms with Crippen molar-refractivity contribution in [2.24, 2.45) is 11.1 Å². The maximum atomic E-state index is 6.02. The molecular weight excluding hydrogens is 198 g/mol. The second-order valence-corrected chi connectivity index (χ2v) is 5.65. The molecule has 1 aromatic rings. The van der Waals surface area contributed by atoms with Crippen LogP contribution in [0.4, 0.5) is 0 Å². The third-order valence-electron chi connectivity index (χ3n) is 2.33. The third kappa shape index (κ3) is 5.17. The maximum Gasteiger partial charge on any atom is 0.119 e. The molecule has 1 atom stereocenters. The van der Waals surface area contributed by atoms with Crippen molar-refractivity contribution in [1.29, 1.82) is 0 Å². The predicted molar refractivity (Wildman–Crippen MR) is 68.7 cm³/mol. The highest BCUT2D eigenvalue weighted by molar-refractivity contribution is 5.27. The van der Waals surface area contributed by atoms with Crippen LogP contribution >= 0.6 is 0 Å². The summed E-state index contributed by atoms with van der Waals surface area (Å²) in [5, 5.41) is 0. The van der Waals surface area contributed by atoms with E-state index in [1.807, 2.05) is 18.2 Å². The number of aryl methyl sites for hydroxylation is 1. The lowest BCUT2D eigenvalue weighted by Gasteiger charge is -2.23. The molecule has 0 aliphatic heterocycles. The van der Waals surface area contributed by atoms with Gasteiger partial charge in [-0.2, -0.15) is 0 Å². The molecule has 0 amide bonds. The molecule has 0 aromatic heterocycles. The standard InChI is InChI=1S/C14H23NO/c1-11-6-5-7-13(8-11)16-10-12(15)9-14(2,3)4/h5-8,12H,9-10,15H2,1-4H3. The van der Waals surface area contributed by atoms with Gasteiger partial charge in [0.2, 0.25) is 0 Å². The van der Waals surface area contributed by atoms with Crippen LogP contribution in [0, 0.1) is 12.3 Å². The van der Waals surface area contributed by atoms with Crippen molar-refractivity contribution in [2.75, 3.05) is 6.61 Å². The molecule has 0 saturated carbocycles. The number of ether oxygens (including phenoxy) is 1. The largest absolute Gasteiger partial charge is 0.492 e. The molecule has 1 unspecified atom stereocenters.